The molecule has 0 radical (unpaired) electrons. The molecule has 0 spiro atoms. The average Bonchev–Trinajstić information content (AvgIpc) is 2.73. The number of rotatable bonds is 4. The van der Waals surface area contributed by atoms with Gasteiger partial charge in [-0.3, -0.25) is 4.68 Å². The molecule has 0 aliphatic heterocycles. The lowest BCUT2D eigenvalue weighted by molar-refractivity contribution is -0.274. The topological polar surface area (TPSA) is 47.3 Å². The lowest BCUT2D eigenvalue weighted by atomic mass is 10.0. The van der Waals surface area contributed by atoms with E-state index < -0.39 is 12.5 Å². The SMILES string of the molecule is Cn1ccc(CC(O)c2cccc(OC(F)(F)F)c2)n1. The fraction of sp³-hybridized carbons (Fsp3) is 0.308. The summed E-state index contributed by atoms with van der Waals surface area (Å²) < 4.78 is 41.8. The molecule has 2 aromatic rings. The van der Waals surface area contributed by atoms with Crippen LogP contribution in [0.5, 0.6) is 5.75 Å². The van der Waals surface area contributed by atoms with Crippen LogP contribution < -0.4 is 4.74 Å². The lowest BCUT2D eigenvalue weighted by Crippen LogP contribution is -2.17. The van der Waals surface area contributed by atoms with E-state index in [2.05, 4.69) is 9.84 Å². The van der Waals surface area contributed by atoms with Gasteiger partial charge in [0.2, 0.25) is 0 Å². The predicted molar refractivity (Wildman–Crippen MR) is 65.0 cm³/mol. The molecule has 0 aliphatic rings. The Bertz CT molecular complexity index is 581. The van der Waals surface area contributed by atoms with E-state index in [1.807, 2.05) is 0 Å². The standard InChI is InChI=1S/C13H13F3N2O2/c1-18-6-5-10(17-18)8-12(19)9-3-2-4-11(7-9)20-13(14,15)16/h2-7,12,19H,8H2,1H3. The Labute approximate surface area is 113 Å². The van der Waals surface area contributed by atoms with Crippen molar-refractivity contribution in [2.24, 2.45) is 7.05 Å². The smallest absolute Gasteiger partial charge is 0.406 e. The number of hydrogen-bond donors (Lipinski definition) is 1. The van der Waals surface area contributed by atoms with Crippen LogP contribution in [0, 0.1) is 0 Å². The fourth-order valence-corrected chi connectivity index (χ4v) is 1.81. The van der Waals surface area contributed by atoms with Gasteiger partial charge in [0, 0.05) is 19.7 Å². The Morgan fingerprint density at radius 3 is 2.70 bits per heavy atom. The molecule has 0 amide bonds. The van der Waals surface area contributed by atoms with Gasteiger partial charge in [0.15, 0.2) is 0 Å². The molecule has 1 N–H and O–H groups in total. The van der Waals surface area contributed by atoms with Crippen LogP contribution >= 0.6 is 0 Å². The second kappa shape index (κ2) is 5.54. The van der Waals surface area contributed by atoms with Crippen LogP contribution in [0.4, 0.5) is 13.2 Å². The van der Waals surface area contributed by atoms with Gasteiger partial charge in [-0.1, -0.05) is 12.1 Å². The first kappa shape index (κ1) is 14.4. The molecule has 4 nitrogen and oxygen atoms in total. The van der Waals surface area contributed by atoms with Crippen molar-refractivity contribution < 1.29 is 23.0 Å². The number of aryl methyl sites for hydroxylation is 1. The molecule has 7 heteroatoms. The van der Waals surface area contributed by atoms with Crippen LogP contribution in [0.2, 0.25) is 0 Å². The summed E-state index contributed by atoms with van der Waals surface area (Å²) in [5.74, 6) is -0.352. The molecule has 0 saturated carbocycles. The van der Waals surface area contributed by atoms with Gasteiger partial charge in [0.1, 0.15) is 5.75 Å². The monoisotopic (exact) mass is 286 g/mol. The zero-order valence-electron chi connectivity index (χ0n) is 10.6. The summed E-state index contributed by atoms with van der Waals surface area (Å²) in [6.07, 6.45) is -3.74. The molecule has 1 aromatic carbocycles. The number of aromatic nitrogens is 2. The zero-order valence-corrected chi connectivity index (χ0v) is 10.6. The fourth-order valence-electron chi connectivity index (χ4n) is 1.81. The largest absolute Gasteiger partial charge is 0.573 e. The first-order valence-corrected chi connectivity index (χ1v) is 5.86. The van der Waals surface area contributed by atoms with E-state index in [9.17, 15) is 18.3 Å². The van der Waals surface area contributed by atoms with Crippen molar-refractivity contribution in [2.75, 3.05) is 0 Å². The van der Waals surface area contributed by atoms with E-state index in [0.29, 0.717) is 11.3 Å². The van der Waals surface area contributed by atoms with Crippen molar-refractivity contribution in [1.29, 1.82) is 0 Å². The highest BCUT2D eigenvalue weighted by molar-refractivity contribution is 5.30. The van der Waals surface area contributed by atoms with Crippen LogP contribution in [0.3, 0.4) is 0 Å². The molecule has 20 heavy (non-hydrogen) atoms. The minimum Gasteiger partial charge on any atom is -0.406 e. The normalized spacial score (nSPS) is 13.2. The van der Waals surface area contributed by atoms with E-state index in [0.717, 1.165) is 0 Å². The molecule has 1 aromatic heterocycles. The van der Waals surface area contributed by atoms with E-state index in [-0.39, 0.29) is 12.2 Å². The van der Waals surface area contributed by atoms with Gasteiger partial charge in [-0.2, -0.15) is 5.10 Å². The van der Waals surface area contributed by atoms with Crippen molar-refractivity contribution in [3.05, 3.63) is 47.8 Å². The first-order chi connectivity index (χ1) is 9.33. The number of hydrogen-bond acceptors (Lipinski definition) is 3. The quantitative estimate of drug-likeness (QED) is 0.939. The van der Waals surface area contributed by atoms with E-state index in [1.165, 1.54) is 24.3 Å². The van der Waals surface area contributed by atoms with Crippen molar-refractivity contribution in [3.63, 3.8) is 0 Å². The maximum atomic E-state index is 12.1. The molecule has 2 rings (SSSR count). The second-order valence-electron chi connectivity index (χ2n) is 4.32. The van der Waals surface area contributed by atoms with Gasteiger partial charge in [-0.05, 0) is 23.8 Å². The Hall–Kier alpha value is -2.02. The van der Waals surface area contributed by atoms with Crippen molar-refractivity contribution in [2.45, 2.75) is 18.9 Å². The number of nitrogens with zero attached hydrogens (tertiary/aromatic N) is 2. The molecule has 0 fully saturated rings. The summed E-state index contributed by atoms with van der Waals surface area (Å²) in [4.78, 5) is 0. The van der Waals surface area contributed by atoms with E-state index in [4.69, 9.17) is 0 Å². The minimum absolute atomic E-state index is 0.219. The number of alkyl halides is 3. The Morgan fingerprint density at radius 1 is 1.35 bits per heavy atom. The summed E-state index contributed by atoms with van der Waals surface area (Å²) in [5, 5.41) is 14.1. The van der Waals surface area contributed by atoms with Crippen molar-refractivity contribution in [1.82, 2.24) is 9.78 Å². The molecule has 0 aliphatic carbocycles. The molecule has 0 saturated heterocycles. The van der Waals surface area contributed by atoms with E-state index >= 15 is 0 Å². The highest BCUT2D eigenvalue weighted by Crippen LogP contribution is 2.26. The lowest BCUT2D eigenvalue weighted by Gasteiger charge is -2.13. The molecule has 1 heterocycles. The predicted octanol–water partition coefficient (Wildman–Crippen LogP) is 2.59. The Morgan fingerprint density at radius 2 is 2.10 bits per heavy atom. The van der Waals surface area contributed by atoms with Gasteiger partial charge in [-0.25, -0.2) is 0 Å². The summed E-state index contributed by atoms with van der Waals surface area (Å²) in [6.45, 7) is 0. The molecule has 0 bridgehead atoms. The van der Waals surface area contributed by atoms with E-state index in [1.54, 1.807) is 24.0 Å². The number of aliphatic hydroxyl groups is 1. The molecular weight excluding hydrogens is 273 g/mol. The van der Waals surface area contributed by atoms with Gasteiger partial charge in [0.05, 0.1) is 11.8 Å². The summed E-state index contributed by atoms with van der Waals surface area (Å²) in [5.41, 5.74) is 1.000. The van der Waals surface area contributed by atoms with Crippen LogP contribution in [0.15, 0.2) is 36.5 Å². The van der Waals surface area contributed by atoms with Gasteiger partial charge >= 0.3 is 6.36 Å². The number of halogens is 3. The second-order valence-corrected chi connectivity index (χ2v) is 4.32. The highest BCUT2D eigenvalue weighted by atomic mass is 19.4. The number of aliphatic hydroxyl groups excluding tert-OH is 1. The van der Waals surface area contributed by atoms with Crippen LogP contribution in [0.1, 0.15) is 17.4 Å². The van der Waals surface area contributed by atoms with Gasteiger partial charge < -0.3 is 9.84 Å². The zero-order chi connectivity index (χ0) is 14.8. The molecular formula is C13H13F3N2O2. The number of benzene rings is 1. The Kier molecular flexibility index (Phi) is 3.99. The third kappa shape index (κ3) is 3.99. The van der Waals surface area contributed by atoms with Gasteiger partial charge in [0.25, 0.3) is 0 Å². The third-order valence-electron chi connectivity index (χ3n) is 2.65. The van der Waals surface area contributed by atoms with Crippen LogP contribution in [-0.2, 0) is 13.5 Å². The van der Waals surface area contributed by atoms with Crippen molar-refractivity contribution in [3.8, 4) is 5.75 Å². The maximum absolute atomic E-state index is 12.1. The molecule has 1 unspecified atom stereocenters. The highest BCUT2D eigenvalue weighted by Gasteiger charge is 2.31. The summed E-state index contributed by atoms with van der Waals surface area (Å²) in [6, 6.07) is 7.03. The van der Waals surface area contributed by atoms with Gasteiger partial charge in [-0.15, -0.1) is 13.2 Å². The van der Waals surface area contributed by atoms with Crippen LogP contribution in [-0.4, -0.2) is 21.2 Å². The Balaban J connectivity index is 2.10. The molecule has 108 valence electrons. The summed E-state index contributed by atoms with van der Waals surface area (Å²) >= 11 is 0. The number of ether oxygens (including phenoxy) is 1. The summed E-state index contributed by atoms with van der Waals surface area (Å²) in [7, 11) is 1.74. The average molecular weight is 286 g/mol. The third-order valence-corrected chi connectivity index (χ3v) is 2.65. The first-order valence-electron chi connectivity index (χ1n) is 5.86. The molecule has 1 atom stereocenters. The maximum Gasteiger partial charge on any atom is 0.573 e. The van der Waals surface area contributed by atoms with Crippen molar-refractivity contribution >= 4 is 0 Å². The van der Waals surface area contributed by atoms with Crippen LogP contribution in [0.25, 0.3) is 0 Å². The minimum atomic E-state index is -4.75.